The molecule has 0 atom stereocenters. The molecule has 3 nitrogen and oxygen atoms in total. The smallest absolute Gasteiger partial charge is 0.235 e. The van der Waals surface area contributed by atoms with Crippen LogP contribution in [0.2, 0.25) is 0 Å². The maximum absolute atomic E-state index is 10.8. The van der Waals surface area contributed by atoms with Gasteiger partial charge in [-0.1, -0.05) is 30.3 Å². The van der Waals surface area contributed by atoms with Crippen molar-refractivity contribution in [2.45, 2.75) is 24.8 Å². The number of isocyanates is 1. The molecule has 96 valence electrons. The molecule has 0 aliphatic heterocycles. The van der Waals surface area contributed by atoms with Crippen molar-refractivity contribution in [1.82, 2.24) is 0 Å². The van der Waals surface area contributed by atoms with E-state index in [9.17, 15) is 4.79 Å². The molecule has 1 fully saturated rings. The maximum atomic E-state index is 10.8. The summed E-state index contributed by atoms with van der Waals surface area (Å²) in [5.41, 5.74) is 0.594. The largest absolute Gasteiger partial charge is 0.496 e. The van der Waals surface area contributed by atoms with E-state index in [1.54, 1.807) is 13.2 Å². The van der Waals surface area contributed by atoms with Gasteiger partial charge in [-0.2, -0.15) is 4.99 Å². The lowest BCUT2D eigenvalue weighted by Gasteiger charge is -2.38. The Labute approximate surface area is 111 Å². The van der Waals surface area contributed by atoms with E-state index in [0.29, 0.717) is 0 Å². The summed E-state index contributed by atoms with van der Waals surface area (Å²) in [6.07, 6.45) is 4.59. The van der Waals surface area contributed by atoms with Crippen LogP contribution >= 0.6 is 0 Å². The first-order chi connectivity index (χ1) is 9.30. The highest BCUT2D eigenvalue weighted by molar-refractivity contribution is 5.89. The molecule has 0 spiro atoms. The van der Waals surface area contributed by atoms with E-state index in [0.717, 1.165) is 41.3 Å². The minimum Gasteiger partial charge on any atom is -0.496 e. The van der Waals surface area contributed by atoms with Crippen LogP contribution in [-0.2, 0) is 10.3 Å². The summed E-state index contributed by atoms with van der Waals surface area (Å²) in [4.78, 5) is 14.9. The van der Waals surface area contributed by atoms with Crippen LogP contribution in [0.5, 0.6) is 5.75 Å². The number of nitrogens with zero attached hydrogens (tertiary/aromatic N) is 1. The Bertz CT molecular complexity index is 668. The molecule has 1 saturated carbocycles. The Morgan fingerprint density at radius 3 is 2.63 bits per heavy atom. The van der Waals surface area contributed by atoms with Crippen LogP contribution in [0.3, 0.4) is 0 Å². The molecule has 0 heterocycles. The second-order valence-corrected chi connectivity index (χ2v) is 4.95. The van der Waals surface area contributed by atoms with Gasteiger partial charge in [-0.05, 0) is 36.1 Å². The molecule has 1 aliphatic rings. The van der Waals surface area contributed by atoms with Gasteiger partial charge in [-0.15, -0.1) is 0 Å². The van der Waals surface area contributed by atoms with E-state index >= 15 is 0 Å². The minimum atomic E-state index is -0.437. The Hall–Kier alpha value is -2.12. The second-order valence-electron chi connectivity index (χ2n) is 4.95. The molecule has 3 rings (SSSR count). The summed E-state index contributed by atoms with van der Waals surface area (Å²) in [7, 11) is 1.66. The lowest BCUT2D eigenvalue weighted by molar-refractivity contribution is 0.248. The monoisotopic (exact) mass is 253 g/mol. The number of fused-ring (bicyclic) bond motifs is 1. The van der Waals surface area contributed by atoms with Crippen LogP contribution in [0.1, 0.15) is 24.8 Å². The van der Waals surface area contributed by atoms with Gasteiger partial charge in [0.2, 0.25) is 6.08 Å². The molecule has 1 aliphatic carbocycles. The first-order valence-corrected chi connectivity index (χ1v) is 6.46. The van der Waals surface area contributed by atoms with Crippen molar-refractivity contribution < 1.29 is 9.53 Å². The third kappa shape index (κ3) is 1.74. The SMILES string of the molecule is COc1ccc2ccccc2c1C1(N=C=O)CCC1. The summed E-state index contributed by atoms with van der Waals surface area (Å²) in [5.74, 6) is 0.803. The Morgan fingerprint density at radius 1 is 1.21 bits per heavy atom. The molecule has 0 radical (unpaired) electrons. The van der Waals surface area contributed by atoms with E-state index in [1.807, 2.05) is 24.3 Å². The summed E-state index contributed by atoms with van der Waals surface area (Å²) in [6, 6.07) is 12.1. The molecule has 2 aromatic carbocycles. The van der Waals surface area contributed by atoms with Gasteiger partial charge in [0.15, 0.2) is 0 Å². The lowest BCUT2D eigenvalue weighted by atomic mass is 9.70. The second kappa shape index (κ2) is 4.52. The number of hydrogen-bond acceptors (Lipinski definition) is 3. The van der Waals surface area contributed by atoms with Crippen LogP contribution in [0.4, 0.5) is 0 Å². The number of aliphatic imine (C=N–C) groups is 1. The van der Waals surface area contributed by atoms with Gasteiger partial charge >= 0.3 is 0 Å². The molecular weight excluding hydrogens is 238 g/mol. The first-order valence-electron chi connectivity index (χ1n) is 6.46. The number of methoxy groups -OCH3 is 1. The Morgan fingerprint density at radius 2 is 2.00 bits per heavy atom. The molecule has 0 unspecified atom stereocenters. The summed E-state index contributed by atoms with van der Waals surface area (Å²) >= 11 is 0. The van der Waals surface area contributed by atoms with Gasteiger partial charge in [0, 0.05) is 5.56 Å². The lowest BCUT2D eigenvalue weighted by Crippen LogP contribution is -2.32. The zero-order valence-corrected chi connectivity index (χ0v) is 10.8. The standard InChI is InChI=1S/C16H15NO2/c1-19-14-8-7-12-5-2-3-6-13(12)15(14)16(17-11-18)9-4-10-16/h2-3,5-8H,4,9-10H2,1H3. The number of ether oxygens (including phenoxy) is 1. The van der Waals surface area contributed by atoms with E-state index in [4.69, 9.17) is 4.74 Å². The van der Waals surface area contributed by atoms with E-state index in [-0.39, 0.29) is 0 Å². The summed E-state index contributed by atoms with van der Waals surface area (Å²) in [6.45, 7) is 0. The highest BCUT2D eigenvalue weighted by Gasteiger charge is 2.42. The fraction of sp³-hybridized carbons (Fsp3) is 0.312. The number of carbonyl (C=O) groups excluding carboxylic acids is 1. The minimum absolute atomic E-state index is 0.437. The van der Waals surface area contributed by atoms with Gasteiger partial charge in [0.25, 0.3) is 0 Å². The number of rotatable bonds is 3. The van der Waals surface area contributed by atoms with Crippen molar-refractivity contribution in [3.63, 3.8) is 0 Å². The van der Waals surface area contributed by atoms with Crippen LogP contribution < -0.4 is 4.74 Å². The fourth-order valence-electron chi connectivity index (χ4n) is 2.92. The zero-order chi connectivity index (χ0) is 13.3. The van der Waals surface area contributed by atoms with Crippen LogP contribution in [-0.4, -0.2) is 13.2 Å². The molecule has 19 heavy (non-hydrogen) atoms. The third-order valence-corrected chi connectivity index (χ3v) is 4.02. The first kappa shape index (κ1) is 11.9. The molecule has 0 bridgehead atoms. The summed E-state index contributed by atoms with van der Waals surface area (Å²) < 4.78 is 5.49. The van der Waals surface area contributed by atoms with Crippen LogP contribution in [0.15, 0.2) is 41.4 Å². The summed E-state index contributed by atoms with van der Waals surface area (Å²) in [5, 5.41) is 2.26. The van der Waals surface area contributed by atoms with Gasteiger partial charge in [0.05, 0.1) is 7.11 Å². The third-order valence-electron chi connectivity index (χ3n) is 4.02. The molecule has 0 saturated heterocycles. The highest BCUT2D eigenvalue weighted by atomic mass is 16.5. The average Bonchev–Trinajstić information content (AvgIpc) is 2.42. The quantitative estimate of drug-likeness (QED) is 0.619. The zero-order valence-electron chi connectivity index (χ0n) is 10.8. The van der Waals surface area contributed by atoms with E-state index < -0.39 is 5.54 Å². The topological polar surface area (TPSA) is 38.7 Å². The number of hydrogen-bond donors (Lipinski definition) is 0. The number of benzene rings is 2. The Kier molecular flexibility index (Phi) is 2.84. The van der Waals surface area contributed by atoms with Gasteiger partial charge in [-0.3, -0.25) is 0 Å². The highest BCUT2D eigenvalue weighted by Crippen LogP contribution is 2.50. The normalized spacial score (nSPS) is 16.5. The molecule has 0 aromatic heterocycles. The molecule has 2 aromatic rings. The van der Waals surface area contributed by atoms with Crippen molar-refractivity contribution in [1.29, 1.82) is 0 Å². The van der Waals surface area contributed by atoms with Gasteiger partial charge in [0.1, 0.15) is 11.3 Å². The van der Waals surface area contributed by atoms with Crippen molar-refractivity contribution in [3.8, 4) is 5.75 Å². The van der Waals surface area contributed by atoms with Crippen molar-refractivity contribution in [2.75, 3.05) is 7.11 Å². The average molecular weight is 253 g/mol. The predicted octanol–water partition coefficient (Wildman–Crippen LogP) is 3.56. The van der Waals surface area contributed by atoms with Crippen molar-refractivity contribution in [3.05, 3.63) is 42.0 Å². The van der Waals surface area contributed by atoms with Crippen LogP contribution in [0, 0.1) is 0 Å². The van der Waals surface area contributed by atoms with Crippen molar-refractivity contribution in [2.24, 2.45) is 4.99 Å². The Balaban J connectivity index is 2.34. The molecule has 0 N–H and O–H groups in total. The fourth-order valence-corrected chi connectivity index (χ4v) is 2.92. The van der Waals surface area contributed by atoms with E-state index in [2.05, 4.69) is 17.1 Å². The van der Waals surface area contributed by atoms with Crippen molar-refractivity contribution >= 4 is 16.9 Å². The van der Waals surface area contributed by atoms with Gasteiger partial charge < -0.3 is 4.74 Å². The maximum Gasteiger partial charge on any atom is 0.235 e. The molecular formula is C16H15NO2. The van der Waals surface area contributed by atoms with Gasteiger partial charge in [-0.25, -0.2) is 4.79 Å². The molecule has 0 amide bonds. The predicted molar refractivity (Wildman–Crippen MR) is 74.2 cm³/mol. The van der Waals surface area contributed by atoms with E-state index in [1.165, 1.54) is 0 Å². The molecule has 3 heteroatoms. The van der Waals surface area contributed by atoms with Crippen LogP contribution in [0.25, 0.3) is 10.8 Å².